The van der Waals surface area contributed by atoms with Crippen LogP contribution in [0.4, 0.5) is 11.4 Å². The van der Waals surface area contributed by atoms with Crippen LogP contribution in [0.2, 0.25) is 12.1 Å². The molecule has 1 heterocycles. The van der Waals surface area contributed by atoms with Crippen molar-refractivity contribution in [2.24, 2.45) is 11.3 Å². The van der Waals surface area contributed by atoms with Crippen molar-refractivity contribution in [2.75, 3.05) is 4.90 Å². The monoisotopic (exact) mass is 667 g/mol. The molecule has 1 aliphatic heterocycles. The average molecular weight is 668 g/mol. The zero-order valence-electron chi connectivity index (χ0n) is 31.1. The first-order chi connectivity index (χ1) is 24.9. The van der Waals surface area contributed by atoms with E-state index < -0.39 is 0 Å². The minimum atomic E-state index is -0.0227. The molecule has 0 spiro atoms. The molecule has 0 bridgehead atoms. The predicted molar refractivity (Wildman–Crippen MR) is 218 cm³/mol. The lowest BCUT2D eigenvalue weighted by Gasteiger charge is -2.48. The van der Waals surface area contributed by atoms with Crippen LogP contribution in [0.1, 0.15) is 82.8 Å². The highest BCUT2D eigenvalue weighted by Crippen LogP contribution is 2.56. The second-order valence-electron chi connectivity index (χ2n) is 15.3. The van der Waals surface area contributed by atoms with Crippen LogP contribution in [0.3, 0.4) is 0 Å². The summed E-state index contributed by atoms with van der Waals surface area (Å²) in [5.41, 5.74) is 12.1. The maximum Gasteiger partial charge on any atom is 0.122 e. The van der Waals surface area contributed by atoms with E-state index in [0.29, 0.717) is 5.82 Å². The fourth-order valence-electron chi connectivity index (χ4n) is 8.69. The van der Waals surface area contributed by atoms with Gasteiger partial charge in [-0.3, -0.25) is 0 Å². The van der Waals surface area contributed by atoms with Crippen LogP contribution in [0.15, 0.2) is 131 Å². The van der Waals surface area contributed by atoms with E-state index in [9.17, 15) is 0 Å². The van der Waals surface area contributed by atoms with Crippen molar-refractivity contribution in [2.45, 2.75) is 104 Å². The van der Waals surface area contributed by atoms with E-state index in [1.165, 1.54) is 71.6 Å². The number of aryl methyl sites for hydroxylation is 2. The molecule has 0 amide bonds. The van der Waals surface area contributed by atoms with Gasteiger partial charge >= 0.3 is 0 Å². The molecule has 2 nitrogen and oxygen atoms in total. The molecule has 5 aliphatic rings. The van der Waals surface area contributed by atoms with Crippen molar-refractivity contribution in [1.29, 1.82) is 0 Å². The third kappa shape index (κ3) is 7.85. The standard InChI is InChI=1S/C48H52BN2/c1-36-11-8-14-41(15-9-12-36)50(42-16-10-13-37(2)17-24-42)45-29-22-40(23-30-45)48(33-6-5-7-34-48)47-32-31-46(35-49-47)51(43-25-18-38(3)19-26-43)44-27-20-39(4)21-28-44/h8,12,14,16-22,24-29,31,37,41,47H,5-7,11,23,30,32-35H2,1-4H3/b14-8+,36-12-/t37-,41?,47-/m0/s1. The van der Waals surface area contributed by atoms with Crippen LogP contribution >= 0.6 is 0 Å². The van der Waals surface area contributed by atoms with Crippen molar-refractivity contribution in [3.63, 3.8) is 0 Å². The van der Waals surface area contributed by atoms with Gasteiger partial charge in [-0.2, -0.15) is 0 Å². The summed E-state index contributed by atoms with van der Waals surface area (Å²) in [6.07, 6.45) is 32.5. The molecule has 1 unspecified atom stereocenters. The van der Waals surface area contributed by atoms with Crippen molar-refractivity contribution < 1.29 is 0 Å². The van der Waals surface area contributed by atoms with Gasteiger partial charge in [0.25, 0.3) is 0 Å². The van der Waals surface area contributed by atoms with Gasteiger partial charge in [0, 0.05) is 34.8 Å². The maximum atomic E-state index is 3.57. The molecule has 2 aromatic rings. The number of allylic oxidation sites excluding steroid dienone is 12. The summed E-state index contributed by atoms with van der Waals surface area (Å²) in [5.74, 6) is 14.4. The first-order valence-electron chi connectivity index (χ1n) is 19.3. The molecule has 0 aromatic heterocycles. The molecule has 3 heteroatoms. The van der Waals surface area contributed by atoms with E-state index in [1.807, 2.05) is 0 Å². The Kier molecular flexibility index (Phi) is 10.8. The summed E-state index contributed by atoms with van der Waals surface area (Å²) in [6.45, 7) is 8.65. The van der Waals surface area contributed by atoms with Crippen LogP contribution in [0.5, 0.6) is 0 Å². The lowest BCUT2D eigenvalue weighted by molar-refractivity contribution is 0.213. The highest BCUT2D eigenvalue weighted by Gasteiger charge is 2.43. The Balaban J connectivity index is 1.19. The Morgan fingerprint density at radius 2 is 1.47 bits per heavy atom. The highest BCUT2D eigenvalue weighted by atomic mass is 15.2. The Morgan fingerprint density at radius 1 is 0.765 bits per heavy atom. The van der Waals surface area contributed by atoms with Crippen LogP contribution in [-0.2, 0) is 0 Å². The van der Waals surface area contributed by atoms with Gasteiger partial charge in [0.1, 0.15) is 13.3 Å². The molecule has 7 rings (SSSR count). The van der Waals surface area contributed by atoms with Gasteiger partial charge in [0.05, 0.1) is 5.70 Å². The van der Waals surface area contributed by atoms with Gasteiger partial charge < -0.3 is 9.80 Å². The van der Waals surface area contributed by atoms with Gasteiger partial charge in [-0.15, -0.1) is 0 Å². The number of anilines is 2. The molecule has 3 atom stereocenters. The number of hydrogen-bond donors (Lipinski definition) is 0. The fraction of sp³-hybridized carbons (Fsp3) is 0.375. The van der Waals surface area contributed by atoms with E-state index in [4.69, 9.17) is 0 Å². The first kappa shape index (κ1) is 34.8. The largest absolute Gasteiger partial charge is 0.327 e. The maximum absolute atomic E-state index is 3.57. The molecule has 1 saturated carbocycles. The zero-order valence-corrected chi connectivity index (χ0v) is 31.1. The van der Waals surface area contributed by atoms with Crippen LogP contribution in [-0.4, -0.2) is 18.2 Å². The Hall–Kier alpha value is -4.60. The van der Waals surface area contributed by atoms with Crippen LogP contribution in [0.25, 0.3) is 0 Å². The van der Waals surface area contributed by atoms with Gasteiger partial charge in [-0.25, -0.2) is 0 Å². The van der Waals surface area contributed by atoms with Crippen molar-refractivity contribution >= 4 is 18.7 Å². The Bertz CT molecular complexity index is 1890. The predicted octanol–water partition coefficient (Wildman–Crippen LogP) is 11.9. The molecule has 1 fully saturated rings. The van der Waals surface area contributed by atoms with E-state index >= 15 is 0 Å². The third-order valence-corrected chi connectivity index (χ3v) is 11.6. The summed E-state index contributed by atoms with van der Waals surface area (Å²) < 4.78 is 0. The van der Waals surface area contributed by atoms with Gasteiger partial charge in [-0.1, -0.05) is 126 Å². The van der Waals surface area contributed by atoms with E-state index in [1.54, 1.807) is 5.57 Å². The fourth-order valence-corrected chi connectivity index (χ4v) is 8.69. The van der Waals surface area contributed by atoms with Crippen LogP contribution < -0.4 is 4.90 Å². The molecular weight excluding hydrogens is 615 g/mol. The number of nitrogens with zero attached hydrogens (tertiary/aromatic N) is 2. The SMILES string of the molecule is C/C1=C/C#CC(N(C2=CC#C[C@H](C)C=C2)C2=CC=C(C3([C@H]4[B]CC(N(c5ccc(C)cc5)c5ccc(C)cc5)=CC4)CCCCC3)CC2)/C=C/C1. The zero-order chi connectivity index (χ0) is 35.2. The van der Waals surface area contributed by atoms with Crippen molar-refractivity contribution in [1.82, 2.24) is 4.90 Å². The van der Waals surface area contributed by atoms with E-state index in [-0.39, 0.29) is 17.4 Å². The van der Waals surface area contributed by atoms with Gasteiger partial charge in [-0.05, 0) is 120 Å². The van der Waals surface area contributed by atoms with Crippen molar-refractivity contribution in [3.8, 4) is 23.7 Å². The number of rotatable bonds is 8. The van der Waals surface area contributed by atoms with Gasteiger partial charge in [0.2, 0.25) is 0 Å². The van der Waals surface area contributed by atoms with Gasteiger partial charge in [0.15, 0.2) is 0 Å². The number of hydrogen-bond acceptors (Lipinski definition) is 2. The molecule has 51 heavy (non-hydrogen) atoms. The van der Waals surface area contributed by atoms with E-state index in [2.05, 4.69) is 172 Å². The Labute approximate surface area is 308 Å². The summed E-state index contributed by atoms with van der Waals surface area (Å²) in [6, 6.07) is 18.0. The number of benzene rings is 2. The minimum absolute atomic E-state index is 0.0227. The summed E-state index contributed by atoms with van der Waals surface area (Å²) in [7, 11) is 2.69. The molecule has 0 N–H and O–H groups in total. The van der Waals surface area contributed by atoms with E-state index in [0.717, 1.165) is 37.7 Å². The second kappa shape index (κ2) is 15.7. The topological polar surface area (TPSA) is 6.48 Å². The highest BCUT2D eigenvalue weighted by molar-refractivity contribution is 6.39. The summed E-state index contributed by atoms with van der Waals surface area (Å²) in [4.78, 5) is 4.93. The molecule has 4 aliphatic carbocycles. The molecular formula is C48H52BN2. The Morgan fingerprint density at radius 3 is 2.12 bits per heavy atom. The quantitative estimate of drug-likeness (QED) is 0.157. The third-order valence-electron chi connectivity index (χ3n) is 11.6. The summed E-state index contributed by atoms with van der Waals surface area (Å²) in [5, 5.41) is 0. The first-order valence-corrected chi connectivity index (χ1v) is 19.3. The minimum Gasteiger partial charge on any atom is -0.327 e. The molecule has 0 saturated heterocycles. The molecule has 257 valence electrons. The second-order valence-corrected chi connectivity index (χ2v) is 15.3. The lowest BCUT2D eigenvalue weighted by Crippen LogP contribution is -2.38. The smallest absolute Gasteiger partial charge is 0.122 e. The molecule has 2 aromatic carbocycles. The van der Waals surface area contributed by atoms with Crippen LogP contribution in [0, 0.1) is 48.9 Å². The lowest BCUT2D eigenvalue weighted by atomic mass is 9.43. The molecule has 1 radical (unpaired) electrons. The summed E-state index contributed by atoms with van der Waals surface area (Å²) >= 11 is 0. The van der Waals surface area contributed by atoms with Crippen molar-refractivity contribution in [3.05, 3.63) is 143 Å². The average Bonchev–Trinajstić information content (AvgIpc) is 3.37. The normalized spacial score (nSPS) is 25.5.